The van der Waals surface area contributed by atoms with Crippen LogP contribution in [0.4, 0.5) is 23.1 Å². The van der Waals surface area contributed by atoms with Crippen LogP contribution in [0.5, 0.6) is 5.75 Å². The second-order valence-electron chi connectivity index (χ2n) is 8.79. The van der Waals surface area contributed by atoms with E-state index in [1.54, 1.807) is 13.3 Å². The van der Waals surface area contributed by atoms with Gasteiger partial charge < -0.3 is 19.9 Å². The molecular weight excluding hydrogens is 466 g/mol. The third kappa shape index (κ3) is 3.94. The summed E-state index contributed by atoms with van der Waals surface area (Å²) >= 11 is 6.61. The highest BCUT2D eigenvalue weighted by molar-refractivity contribution is 6.33. The zero-order chi connectivity index (χ0) is 23.9. The predicted octanol–water partition coefficient (Wildman–Crippen LogP) is 3.67. The van der Waals surface area contributed by atoms with Gasteiger partial charge in [-0.1, -0.05) is 35.0 Å². The average Bonchev–Trinajstić information content (AvgIpc) is 3.53. The van der Waals surface area contributed by atoms with Gasteiger partial charge in [0.15, 0.2) is 11.6 Å². The molecule has 10 nitrogen and oxygen atoms in total. The normalized spacial score (nSPS) is 17.2. The van der Waals surface area contributed by atoms with Crippen molar-refractivity contribution in [1.29, 1.82) is 0 Å². The van der Waals surface area contributed by atoms with Crippen LogP contribution < -0.4 is 15.0 Å². The van der Waals surface area contributed by atoms with E-state index in [4.69, 9.17) is 21.3 Å². The molecule has 0 saturated heterocycles. The molecule has 2 N–H and O–H groups in total. The summed E-state index contributed by atoms with van der Waals surface area (Å²) in [6.07, 6.45) is 2.62. The van der Waals surface area contributed by atoms with Crippen molar-refractivity contribution < 1.29 is 4.74 Å². The second kappa shape index (κ2) is 8.79. The molecule has 0 aliphatic carbocycles. The average molecular weight is 490 g/mol. The Morgan fingerprint density at radius 1 is 1.20 bits per heavy atom. The van der Waals surface area contributed by atoms with Crippen LogP contribution in [0.15, 0.2) is 42.6 Å². The van der Waals surface area contributed by atoms with Crippen molar-refractivity contribution in [3.63, 3.8) is 0 Å². The summed E-state index contributed by atoms with van der Waals surface area (Å²) in [7, 11) is 3.81. The van der Waals surface area contributed by atoms with Gasteiger partial charge in [0.1, 0.15) is 10.8 Å². The Bertz CT molecular complexity index is 1380. The number of likely N-dealkylation sites (N-methyl/N-ethyl adjacent to an activating group) is 1. The second-order valence-corrected chi connectivity index (χ2v) is 9.20. The van der Waals surface area contributed by atoms with Gasteiger partial charge in [-0.2, -0.15) is 10.2 Å². The standard InChI is InChI=1S/C24H24ClN9O/c1-33-8-7-14-10-21(35-2)19(9-15(14)12-33)27-24-26-11-18(25)23(28-24)34-13-17(22-29-31-32-30-22)16-5-3-4-6-20(16)34/h3-6,9-11,17H,7-8,12-13H2,1-2H3,(H,26,27,28)(H,29,30,31,32). The summed E-state index contributed by atoms with van der Waals surface area (Å²) < 4.78 is 5.68. The molecule has 4 aromatic rings. The molecule has 0 spiro atoms. The molecule has 6 rings (SSSR count). The van der Waals surface area contributed by atoms with Gasteiger partial charge in [-0.05, 0) is 48.4 Å². The topological polar surface area (TPSA) is 108 Å². The lowest BCUT2D eigenvalue weighted by molar-refractivity contribution is 0.312. The van der Waals surface area contributed by atoms with Crippen LogP contribution in [0.25, 0.3) is 0 Å². The quantitative estimate of drug-likeness (QED) is 0.434. The molecule has 0 saturated carbocycles. The Hall–Kier alpha value is -3.76. The van der Waals surface area contributed by atoms with E-state index in [2.05, 4.69) is 66.0 Å². The van der Waals surface area contributed by atoms with Crippen molar-refractivity contribution in [2.45, 2.75) is 18.9 Å². The fourth-order valence-corrected chi connectivity index (χ4v) is 5.06. The zero-order valence-corrected chi connectivity index (χ0v) is 20.1. The lowest BCUT2D eigenvalue weighted by Gasteiger charge is -2.26. The number of hydrogen-bond donors (Lipinski definition) is 2. The molecule has 35 heavy (non-hydrogen) atoms. The van der Waals surface area contributed by atoms with Crippen molar-refractivity contribution in [2.24, 2.45) is 0 Å². The van der Waals surface area contributed by atoms with E-state index >= 15 is 0 Å². The number of benzene rings is 2. The molecule has 11 heteroatoms. The maximum absolute atomic E-state index is 6.61. The van der Waals surface area contributed by atoms with Crippen LogP contribution in [-0.2, 0) is 13.0 Å². The lowest BCUT2D eigenvalue weighted by Crippen LogP contribution is -2.26. The lowest BCUT2D eigenvalue weighted by atomic mass is 9.99. The Morgan fingerprint density at radius 3 is 2.91 bits per heavy atom. The largest absolute Gasteiger partial charge is 0.495 e. The summed E-state index contributed by atoms with van der Waals surface area (Å²) in [5, 5.41) is 18.5. The number of aromatic nitrogens is 6. The molecular formula is C24H24ClN9O. The van der Waals surface area contributed by atoms with Gasteiger partial charge in [-0.15, -0.1) is 10.2 Å². The van der Waals surface area contributed by atoms with Crippen LogP contribution in [0.1, 0.15) is 28.4 Å². The third-order valence-corrected chi connectivity index (χ3v) is 6.86. The molecule has 0 fully saturated rings. The van der Waals surface area contributed by atoms with E-state index in [0.717, 1.165) is 42.2 Å². The van der Waals surface area contributed by atoms with Crippen LogP contribution in [-0.4, -0.2) is 62.7 Å². The molecule has 0 bridgehead atoms. The number of nitrogens with one attached hydrogen (secondary N) is 2. The van der Waals surface area contributed by atoms with Gasteiger partial charge in [0.05, 0.1) is 24.9 Å². The Labute approximate surface area is 207 Å². The highest BCUT2D eigenvalue weighted by Crippen LogP contribution is 2.44. The number of hydrogen-bond acceptors (Lipinski definition) is 9. The first-order valence-electron chi connectivity index (χ1n) is 11.4. The number of methoxy groups -OCH3 is 1. The maximum atomic E-state index is 6.61. The molecule has 2 aliphatic rings. The highest BCUT2D eigenvalue weighted by atomic mass is 35.5. The van der Waals surface area contributed by atoms with Crippen molar-refractivity contribution in [3.05, 3.63) is 70.1 Å². The summed E-state index contributed by atoms with van der Waals surface area (Å²) in [6.45, 7) is 2.51. The zero-order valence-electron chi connectivity index (χ0n) is 19.4. The molecule has 1 atom stereocenters. The summed E-state index contributed by atoms with van der Waals surface area (Å²) in [5.74, 6) is 2.39. The SMILES string of the molecule is COc1cc2c(cc1Nc1ncc(Cl)c(N3CC(c4nn[nH]n4)c4ccccc43)n1)CN(C)CC2. The van der Waals surface area contributed by atoms with E-state index in [0.29, 0.717) is 29.2 Å². The Balaban J connectivity index is 1.35. The molecule has 2 aromatic heterocycles. The number of halogens is 1. The Morgan fingerprint density at radius 2 is 2.09 bits per heavy atom. The van der Waals surface area contributed by atoms with E-state index in [-0.39, 0.29) is 5.92 Å². The minimum atomic E-state index is -0.0508. The Kier molecular flexibility index (Phi) is 5.46. The van der Waals surface area contributed by atoms with Gasteiger partial charge >= 0.3 is 0 Å². The molecule has 2 aromatic carbocycles. The van der Waals surface area contributed by atoms with Crippen molar-refractivity contribution >= 4 is 34.7 Å². The maximum Gasteiger partial charge on any atom is 0.229 e. The van der Waals surface area contributed by atoms with Gasteiger partial charge in [0.2, 0.25) is 5.95 Å². The molecule has 4 heterocycles. The van der Waals surface area contributed by atoms with E-state index in [9.17, 15) is 0 Å². The molecule has 0 radical (unpaired) electrons. The van der Waals surface area contributed by atoms with Gasteiger partial charge in [-0.25, -0.2) is 4.98 Å². The minimum Gasteiger partial charge on any atom is -0.495 e. The molecule has 178 valence electrons. The number of anilines is 4. The van der Waals surface area contributed by atoms with E-state index in [1.165, 1.54) is 11.1 Å². The highest BCUT2D eigenvalue weighted by Gasteiger charge is 2.34. The number of nitrogens with zero attached hydrogens (tertiary/aromatic N) is 7. The van der Waals surface area contributed by atoms with Crippen LogP contribution in [0, 0.1) is 0 Å². The number of ether oxygens (including phenoxy) is 1. The summed E-state index contributed by atoms with van der Waals surface area (Å²) in [6, 6.07) is 12.3. The van der Waals surface area contributed by atoms with E-state index in [1.807, 2.05) is 18.2 Å². The predicted molar refractivity (Wildman–Crippen MR) is 133 cm³/mol. The van der Waals surface area contributed by atoms with Gasteiger partial charge in [0.25, 0.3) is 0 Å². The number of fused-ring (bicyclic) bond motifs is 2. The molecule has 1 unspecified atom stereocenters. The minimum absolute atomic E-state index is 0.0508. The van der Waals surface area contributed by atoms with Crippen LogP contribution in [0.3, 0.4) is 0 Å². The van der Waals surface area contributed by atoms with Gasteiger partial charge in [-0.3, -0.25) is 0 Å². The number of aromatic amines is 1. The van der Waals surface area contributed by atoms with Crippen molar-refractivity contribution in [2.75, 3.05) is 37.5 Å². The van der Waals surface area contributed by atoms with Crippen LogP contribution in [0.2, 0.25) is 5.02 Å². The number of rotatable bonds is 5. The van der Waals surface area contributed by atoms with Crippen molar-refractivity contribution in [1.82, 2.24) is 35.5 Å². The molecule has 2 aliphatic heterocycles. The number of para-hydroxylation sites is 1. The van der Waals surface area contributed by atoms with Crippen molar-refractivity contribution in [3.8, 4) is 5.75 Å². The first-order chi connectivity index (χ1) is 17.1. The molecule has 0 amide bonds. The fourth-order valence-electron chi connectivity index (χ4n) is 4.87. The van der Waals surface area contributed by atoms with Gasteiger partial charge in [0, 0.05) is 25.3 Å². The summed E-state index contributed by atoms with van der Waals surface area (Å²) in [4.78, 5) is 13.6. The smallest absolute Gasteiger partial charge is 0.229 e. The fraction of sp³-hybridized carbons (Fsp3) is 0.292. The van der Waals surface area contributed by atoms with Crippen LogP contribution >= 0.6 is 11.6 Å². The first kappa shape index (κ1) is 21.8. The monoisotopic (exact) mass is 489 g/mol. The third-order valence-electron chi connectivity index (χ3n) is 6.59. The first-order valence-corrected chi connectivity index (χ1v) is 11.8. The summed E-state index contributed by atoms with van der Waals surface area (Å²) in [5.41, 5.74) is 5.50. The van der Waals surface area contributed by atoms with E-state index < -0.39 is 0 Å². The number of tetrazole rings is 1. The number of H-pyrrole nitrogens is 1.